The number of nitrogens with zero attached hydrogens (tertiary/aromatic N) is 1. The van der Waals surface area contributed by atoms with Crippen LogP contribution in [0, 0.1) is 6.92 Å². The van der Waals surface area contributed by atoms with Crippen LogP contribution in [0.2, 0.25) is 5.02 Å². The Bertz CT molecular complexity index is 1100. The molecular weight excluding hydrogens is 488 g/mol. The molecule has 9 heteroatoms. The van der Waals surface area contributed by atoms with Gasteiger partial charge >= 0.3 is 6.03 Å². The highest BCUT2D eigenvalue weighted by atomic mass is 79.9. The van der Waals surface area contributed by atoms with Crippen LogP contribution < -0.4 is 19.7 Å². The number of carbonyl (C=O) groups is 3. The second-order valence-corrected chi connectivity index (χ2v) is 8.06. The molecule has 162 valence electrons. The molecule has 1 fully saturated rings. The van der Waals surface area contributed by atoms with Crippen LogP contribution in [-0.4, -0.2) is 31.6 Å². The zero-order valence-electron chi connectivity index (χ0n) is 17.1. The van der Waals surface area contributed by atoms with Gasteiger partial charge in [0, 0.05) is 5.02 Å². The summed E-state index contributed by atoms with van der Waals surface area (Å²) in [4.78, 5) is 38.9. The number of anilines is 1. The number of urea groups is 1. The summed E-state index contributed by atoms with van der Waals surface area (Å²) in [6.07, 6.45) is 2.22. The van der Waals surface area contributed by atoms with Crippen LogP contribution in [0.1, 0.15) is 24.5 Å². The van der Waals surface area contributed by atoms with Gasteiger partial charge in [-0.2, -0.15) is 0 Å². The van der Waals surface area contributed by atoms with Crippen molar-refractivity contribution in [2.24, 2.45) is 0 Å². The molecule has 0 radical (unpaired) electrons. The van der Waals surface area contributed by atoms with Crippen LogP contribution >= 0.6 is 27.5 Å². The first kappa shape index (κ1) is 22.8. The molecular formula is C22H20BrClN2O5. The number of imide groups is 2. The summed E-state index contributed by atoms with van der Waals surface area (Å²) in [7, 11) is 1.50. The van der Waals surface area contributed by atoms with Gasteiger partial charge in [-0.15, -0.1) is 0 Å². The maximum absolute atomic E-state index is 13.1. The molecule has 1 aliphatic heterocycles. The maximum Gasteiger partial charge on any atom is 0.335 e. The zero-order chi connectivity index (χ0) is 22.7. The van der Waals surface area contributed by atoms with Crippen molar-refractivity contribution in [1.82, 2.24) is 5.32 Å². The topological polar surface area (TPSA) is 84.9 Å². The van der Waals surface area contributed by atoms with Crippen molar-refractivity contribution in [1.29, 1.82) is 0 Å². The summed E-state index contributed by atoms with van der Waals surface area (Å²) in [6, 6.07) is 7.36. The number of ether oxygens (including phenoxy) is 2. The molecule has 1 N–H and O–H groups in total. The first-order chi connectivity index (χ1) is 14.8. The first-order valence-electron chi connectivity index (χ1n) is 9.44. The monoisotopic (exact) mass is 506 g/mol. The Morgan fingerprint density at radius 1 is 1.19 bits per heavy atom. The van der Waals surface area contributed by atoms with Gasteiger partial charge in [0.1, 0.15) is 5.57 Å². The quantitative estimate of drug-likeness (QED) is 0.445. The Morgan fingerprint density at radius 3 is 2.61 bits per heavy atom. The molecule has 2 aromatic carbocycles. The van der Waals surface area contributed by atoms with E-state index in [9.17, 15) is 14.4 Å². The van der Waals surface area contributed by atoms with Crippen LogP contribution in [0.4, 0.5) is 10.5 Å². The Kier molecular flexibility index (Phi) is 7.02. The van der Waals surface area contributed by atoms with Crippen molar-refractivity contribution in [2.75, 3.05) is 18.6 Å². The lowest BCUT2D eigenvalue weighted by atomic mass is 10.1. The number of methoxy groups -OCH3 is 1. The van der Waals surface area contributed by atoms with Crippen LogP contribution in [0.3, 0.4) is 0 Å². The molecule has 0 bridgehead atoms. The van der Waals surface area contributed by atoms with Gasteiger partial charge in [0.15, 0.2) is 11.5 Å². The number of benzene rings is 2. The minimum Gasteiger partial charge on any atom is -0.493 e. The SMILES string of the molecule is CCCOc1c(Br)cc(/C=C2\C(=O)NC(=O)N(c3cc(Cl)ccc3C)C2=O)cc1OC. The third-order valence-corrected chi connectivity index (χ3v) is 5.35. The van der Waals surface area contributed by atoms with E-state index in [4.69, 9.17) is 21.1 Å². The van der Waals surface area contributed by atoms with Gasteiger partial charge in [-0.1, -0.05) is 24.6 Å². The first-order valence-corrected chi connectivity index (χ1v) is 10.6. The third-order valence-electron chi connectivity index (χ3n) is 4.53. The van der Waals surface area contributed by atoms with Gasteiger partial charge in [0.05, 0.1) is 23.9 Å². The van der Waals surface area contributed by atoms with E-state index in [0.29, 0.717) is 44.4 Å². The predicted molar refractivity (Wildman–Crippen MR) is 122 cm³/mol. The molecule has 0 saturated carbocycles. The molecule has 7 nitrogen and oxygen atoms in total. The number of aryl methyl sites for hydroxylation is 1. The second kappa shape index (κ2) is 9.53. The molecule has 0 aliphatic carbocycles. The lowest BCUT2D eigenvalue weighted by Gasteiger charge is -2.27. The van der Waals surface area contributed by atoms with E-state index in [2.05, 4.69) is 21.2 Å². The molecule has 3 rings (SSSR count). The van der Waals surface area contributed by atoms with E-state index in [-0.39, 0.29) is 5.57 Å². The normalized spacial score (nSPS) is 15.3. The molecule has 0 unspecified atom stereocenters. The fraction of sp³-hybridized carbons (Fsp3) is 0.227. The van der Waals surface area contributed by atoms with Crippen molar-refractivity contribution >= 4 is 57.1 Å². The van der Waals surface area contributed by atoms with E-state index in [1.165, 1.54) is 19.3 Å². The van der Waals surface area contributed by atoms with Crippen molar-refractivity contribution in [3.05, 3.63) is 56.5 Å². The van der Waals surface area contributed by atoms with Crippen molar-refractivity contribution < 1.29 is 23.9 Å². The highest BCUT2D eigenvalue weighted by Crippen LogP contribution is 2.37. The smallest absolute Gasteiger partial charge is 0.335 e. The number of barbiturate groups is 1. The minimum absolute atomic E-state index is 0.199. The number of hydrogen-bond donors (Lipinski definition) is 1. The number of rotatable bonds is 6. The summed E-state index contributed by atoms with van der Waals surface area (Å²) in [5.41, 5.74) is 1.28. The van der Waals surface area contributed by atoms with Gasteiger partial charge in [-0.25, -0.2) is 9.69 Å². The summed E-state index contributed by atoms with van der Waals surface area (Å²) >= 11 is 9.49. The third kappa shape index (κ3) is 4.75. The van der Waals surface area contributed by atoms with E-state index in [1.54, 1.807) is 31.2 Å². The van der Waals surface area contributed by atoms with E-state index >= 15 is 0 Å². The summed E-state index contributed by atoms with van der Waals surface area (Å²) in [5, 5.41) is 2.57. The van der Waals surface area contributed by atoms with E-state index < -0.39 is 17.8 Å². The number of carbonyl (C=O) groups excluding carboxylic acids is 3. The number of nitrogens with one attached hydrogen (secondary N) is 1. The molecule has 4 amide bonds. The molecule has 31 heavy (non-hydrogen) atoms. The van der Waals surface area contributed by atoms with Crippen LogP contribution in [0.15, 0.2) is 40.4 Å². The van der Waals surface area contributed by atoms with Gasteiger partial charge in [0.25, 0.3) is 11.8 Å². The summed E-state index contributed by atoms with van der Waals surface area (Å²) < 4.78 is 11.7. The summed E-state index contributed by atoms with van der Waals surface area (Å²) in [5.74, 6) is -0.568. The van der Waals surface area contributed by atoms with Crippen LogP contribution in [-0.2, 0) is 9.59 Å². The highest BCUT2D eigenvalue weighted by molar-refractivity contribution is 9.10. The largest absolute Gasteiger partial charge is 0.493 e. The Balaban J connectivity index is 2.04. The molecule has 0 atom stereocenters. The number of amides is 4. The van der Waals surface area contributed by atoms with Crippen LogP contribution in [0.5, 0.6) is 11.5 Å². The fourth-order valence-corrected chi connectivity index (χ4v) is 3.77. The lowest BCUT2D eigenvalue weighted by Crippen LogP contribution is -2.54. The number of hydrogen-bond acceptors (Lipinski definition) is 5. The Labute approximate surface area is 193 Å². The summed E-state index contributed by atoms with van der Waals surface area (Å²) in [6.45, 7) is 4.23. The molecule has 1 heterocycles. The molecule has 2 aromatic rings. The zero-order valence-corrected chi connectivity index (χ0v) is 19.5. The highest BCUT2D eigenvalue weighted by Gasteiger charge is 2.37. The van der Waals surface area contributed by atoms with E-state index in [0.717, 1.165) is 11.3 Å². The van der Waals surface area contributed by atoms with E-state index in [1.807, 2.05) is 6.92 Å². The van der Waals surface area contributed by atoms with Crippen LogP contribution in [0.25, 0.3) is 6.08 Å². The van der Waals surface area contributed by atoms with Crippen molar-refractivity contribution in [2.45, 2.75) is 20.3 Å². The standard InChI is InChI=1S/C22H20BrClN2O5/c1-4-7-31-19-16(23)9-13(10-18(19)30-3)8-15-20(27)25-22(29)26(21(15)28)17-11-14(24)6-5-12(17)2/h5-6,8-11H,4,7H2,1-3H3,(H,25,27,29)/b15-8+. The lowest BCUT2D eigenvalue weighted by molar-refractivity contribution is -0.122. The molecule has 1 saturated heterocycles. The average molecular weight is 508 g/mol. The fourth-order valence-electron chi connectivity index (χ4n) is 3.03. The van der Waals surface area contributed by atoms with Crippen molar-refractivity contribution in [3.63, 3.8) is 0 Å². The Hall–Kier alpha value is -2.84. The predicted octanol–water partition coefficient (Wildman–Crippen LogP) is 4.87. The average Bonchev–Trinajstić information content (AvgIpc) is 2.72. The number of halogens is 2. The van der Waals surface area contributed by atoms with Crippen molar-refractivity contribution in [3.8, 4) is 11.5 Å². The maximum atomic E-state index is 13.1. The molecule has 0 aromatic heterocycles. The second-order valence-electron chi connectivity index (χ2n) is 6.77. The van der Waals surface area contributed by atoms with Gasteiger partial charge < -0.3 is 9.47 Å². The Morgan fingerprint density at radius 2 is 1.94 bits per heavy atom. The van der Waals surface area contributed by atoms with Gasteiger partial charge in [0.2, 0.25) is 0 Å². The van der Waals surface area contributed by atoms with Gasteiger partial charge in [-0.3, -0.25) is 14.9 Å². The van der Waals surface area contributed by atoms with Gasteiger partial charge in [-0.05, 0) is 70.7 Å². The minimum atomic E-state index is -0.834. The molecule has 1 aliphatic rings. The molecule has 0 spiro atoms.